The number of hydrogen-bond acceptors (Lipinski definition) is 2. The third-order valence-corrected chi connectivity index (χ3v) is 4.16. The number of aromatic amines is 1. The Labute approximate surface area is 137 Å². The summed E-state index contributed by atoms with van der Waals surface area (Å²) in [6, 6.07) is 13.0. The first-order chi connectivity index (χ1) is 10.6. The lowest BCUT2D eigenvalue weighted by atomic mass is 10.1. The first kappa shape index (κ1) is 14.9. The van der Waals surface area contributed by atoms with Crippen molar-refractivity contribution in [2.75, 3.05) is 0 Å². The molecule has 0 aliphatic heterocycles. The molecule has 0 saturated carbocycles. The number of H-pyrrole nitrogens is 1. The number of esters is 1. The third kappa shape index (κ3) is 3.11. The minimum Gasteiger partial charge on any atom is -0.460 e. The summed E-state index contributed by atoms with van der Waals surface area (Å²) in [7, 11) is 0. The average molecular weight is 334 g/mol. The van der Waals surface area contributed by atoms with Gasteiger partial charge in [-0.2, -0.15) is 0 Å². The normalized spacial score (nSPS) is 10.8. The summed E-state index contributed by atoms with van der Waals surface area (Å²) in [5.41, 5.74) is 2.53. The summed E-state index contributed by atoms with van der Waals surface area (Å²) in [6.07, 6.45) is 2.03. The molecule has 3 aromatic rings. The van der Waals surface area contributed by atoms with Crippen molar-refractivity contribution in [2.45, 2.75) is 13.0 Å². The molecule has 0 bridgehead atoms. The molecule has 0 amide bonds. The Kier molecular flexibility index (Phi) is 4.36. The second kappa shape index (κ2) is 6.42. The monoisotopic (exact) mass is 333 g/mol. The first-order valence-electron chi connectivity index (χ1n) is 6.78. The van der Waals surface area contributed by atoms with Crippen LogP contribution in [0.4, 0.5) is 0 Å². The molecule has 3 rings (SSSR count). The van der Waals surface area contributed by atoms with Gasteiger partial charge in [0.05, 0.1) is 6.42 Å². The SMILES string of the molecule is O=C(Cc1c[nH]c2ccccc12)OCc1c(Cl)cccc1Cl. The van der Waals surface area contributed by atoms with E-state index in [1.54, 1.807) is 18.2 Å². The number of carbonyl (C=O) groups is 1. The number of halogens is 2. The fourth-order valence-corrected chi connectivity index (χ4v) is 2.81. The van der Waals surface area contributed by atoms with Crippen molar-refractivity contribution in [1.82, 2.24) is 4.98 Å². The molecule has 0 spiro atoms. The van der Waals surface area contributed by atoms with Crippen LogP contribution >= 0.6 is 23.2 Å². The van der Waals surface area contributed by atoms with E-state index in [-0.39, 0.29) is 19.0 Å². The van der Waals surface area contributed by atoms with Crippen molar-refractivity contribution < 1.29 is 9.53 Å². The Morgan fingerprint density at radius 3 is 2.55 bits per heavy atom. The van der Waals surface area contributed by atoms with Gasteiger partial charge in [0.2, 0.25) is 0 Å². The van der Waals surface area contributed by atoms with Gasteiger partial charge in [-0.1, -0.05) is 47.5 Å². The van der Waals surface area contributed by atoms with E-state index < -0.39 is 0 Å². The first-order valence-corrected chi connectivity index (χ1v) is 7.54. The van der Waals surface area contributed by atoms with Crippen molar-refractivity contribution in [3.63, 3.8) is 0 Å². The van der Waals surface area contributed by atoms with Gasteiger partial charge in [0, 0.05) is 32.7 Å². The molecule has 0 atom stereocenters. The van der Waals surface area contributed by atoms with E-state index in [4.69, 9.17) is 27.9 Å². The van der Waals surface area contributed by atoms with Crippen molar-refractivity contribution in [3.8, 4) is 0 Å². The summed E-state index contributed by atoms with van der Waals surface area (Å²) < 4.78 is 5.29. The van der Waals surface area contributed by atoms with Gasteiger partial charge < -0.3 is 9.72 Å². The second-order valence-corrected chi connectivity index (χ2v) is 5.71. The summed E-state index contributed by atoms with van der Waals surface area (Å²) in [5.74, 6) is -0.319. The van der Waals surface area contributed by atoms with Crippen LogP contribution in [0.2, 0.25) is 10.0 Å². The Morgan fingerprint density at radius 2 is 1.77 bits per heavy atom. The number of ether oxygens (including phenoxy) is 1. The lowest BCUT2D eigenvalue weighted by Gasteiger charge is -2.08. The number of aromatic nitrogens is 1. The highest BCUT2D eigenvalue weighted by Gasteiger charge is 2.12. The molecule has 2 aromatic carbocycles. The van der Waals surface area contributed by atoms with Gasteiger partial charge in [-0.25, -0.2) is 0 Å². The van der Waals surface area contributed by atoms with Crippen LogP contribution in [0.25, 0.3) is 10.9 Å². The quantitative estimate of drug-likeness (QED) is 0.699. The molecule has 0 radical (unpaired) electrons. The van der Waals surface area contributed by atoms with E-state index >= 15 is 0 Å². The Bertz CT molecular complexity index is 806. The van der Waals surface area contributed by atoms with Gasteiger partial charge in [0.25, 0.3) is 0 Å². The molecule has 1 N–H and O–H groups in total. The zero-order valence-corrected chi connectivity index (χ0v) is 13.1. The highest BCUT2D eigenvalue weighted by molar-refractivity contribution is 6.35. The van der Waals surface area contributed by atoms with E-state index in [1.807, 2.05) is 30.5 Å². The molecular formula is C17H13Cl2NO2. The number of fused-ring (bicyclic) bond motifs is 1. The van der Waals surface area contributed by atoms with Gasteiger partial charge in [0.1, 0.15) is 6.61 Å². The lowest BCUT2D eigenvalue weighted by Crippen LogP contribution is -2.08. The zero-order chi connectivity index (χ0) is 15.5. The number of para-hydroxylation sites is 1. The zero-order valence-electron chi connectivity index (χ0n) is 11.6. The molecule has 0 fully saturated rings. The van der Waals surface area contributed by atoms with Gasteiger partial charge in [-0.15, -0.1) is 0 Å². The van der Waals surface area contributed by atoms with Crippen LogP contribution in [0, 0.1) is 0 Å². The van der Waals surface area contributed by atoms with Gasteiger partial charge >= 0.3 is 5.97 Å². The fraction of sp³-hybridized carbons (Fsp3) is 0.118. The van der Waals surface area contributed by atoms with Crippen molar-refractivity contribution in [1.29, 1.82) is 0 Å². The van der Waals surface area contributed by atoms with Crippen molar-refractivity contribution in [2.24, 2.45) is 0 Å². The number of hydrogen-bond donors (Lipinski definition) is 1. The van der Waals surface area contributed by atoms with Gasteiger partial charge in [0.15, 0.2) is 0 Å². The van der Waals surface area contributed by atoms with E-state index in [9.17, 15) is 4.79 Å². The molecule has 1 aromatic heterocycles. The van der Waals surface area contributed by atoms with Gasteiger partial charge in [-0.3, -0.25) is 4.79 Å². The number of rotatable bonds is 4. The maximum absolute atomic E-state index is 12.0. The summed E-state index contributed by atoms with van der Waals surface area (Å²) in [5, 5.41) is 2.01. The molecule has 112 valence electrons. The highest BCUT2D eigenvalue weighted by atomic mass is 35.5. The minimum absolute atomic E-state index is 0.0691. The number of benzene rings is 2. The summed E-state index contributed by atoms with van der Waals surface area (Å²) in [6.45, 7) is 0.0691. The minimum atomic E-state index is -0.319. The Hall–Kier alpha value is -1.97. The highest BCUT2D eigenvalue weighted by Crippen LogP contribution is 2.25. The van der Waals surface area contributed by atoms with Crippen LogP contribution in [-0.4, -0.2) is 11.0 Å². The summed E-state index contributed by atoms with van der Waals surface area (Å²) in [4.78, 5) is 15.2. The van der Waals surface area contributed by atoms with Gasteiger partial charge in [-0.05, 0) is 23.8 Å². The standard InChI is InChI=1S/C17H13Cl2NO2/c18-14-5-3-6-15(19)13(14)10-22-17(21)8-11-9-20-16-7-2-1-4-12(11)16/h1-7,9,20H,8,10H2. The maximum Gasteiger partial charge on any atom is 0.310 e. The van der Waals surface area contributed by atoms with Crippen LogP contribution < -0.4 is 0 Å². The predicted molar refractivity (Wildman–Crippen MR) is 88.3 cm³/mol. The van der Waals surface area contributed by atoms with Crippen LogP contribution in [0.1, 0.15) is 11.1 Å². The van der Waals surface area contributed by atoms with E-state index in [2.05, 4.69) is 4.98 Å². The average Bonchev–Trinajstić information content (AvgIpc) is 2.90. The number of carbonyl (C=O) groups excluding carboxylic acids is 1. The molecule has 3 nitrogen and oxygen atoms in total. The topological polar surface area (TPSA) is 42.1 Å². The van der Waals surface area contributed by atoms with Crippen LogP contribution in [0.15, 0.2) is 48.7 Å². The molecule has 22 heavy (non-hydrogen) atoms. The molecule has 1 heterocycles. The molecular weight excluding hydrogens is 321 g/mol. The Morgan fingerprint density at radius 1 is 1.05 bits per heavy atom. The van der Waals surface area contributed by atoms with Crippen molar-refractivity contribution >= 4 is 40.1 Å². The van der Waals surface area contributed by atoms with Crippen LogP contribution in [0.5, 0.6) is 0 Å². The molecule has 0 aliphatic carbocycles. The molecule has 0 unspecified atom stereocenters. The largest absolute Gasteiger partial charge is 0.460 e. The predicted octanol–water partition coefficient (Wildman–Crippen LogP) is 4.76. The Balaban J connectivity index is 1.68. The summed E-state index contributed by atoms with van der Waals surface area (Å²) >= 11 is 12.1. The van der Waals surface area contributed by atoms with E-state index in [0.717, 1.165) is 16.5 Å². The van der Waals surface area contributed by atoms with Crippen LogP contribution in [0.3, 0.4) is 0 Å². The molecule has 0 aliphatic rings. The van der Waals surface area contributed by atoms with E-state index in [0.29, 0.717) is 15.6 Å². The van der Waals surface area contributed by atoms with Crippen LogP contribution in [-0.2, 0) is 22.6 Å². The van der Waals surface area contributed by atoms with Crippen molar-refractivity contribution in [3.05, 3.63) is 69.8 Å². The second-order valence-electron chi connectivity index (χ2n) is 4.90. The molecule has 5 heteroatoms. The third-order valence-electron chi connectivity index (χ3n) is 3.45. The smallest absolute Gasteiger partial charge is 0.310 e. The lowest BCUT2D eigenvalue weighted by molar-refractivity contribution is -0.144. The number of nitrogens with one attached hydrogen (secondary N) is 1. The molecule has 0 saturated heterocycles. The van der Waals surface area contributed by atoms with E-state index in [1.165, 1.54) is 0 Å². The fourth-order valence-electron chi connectivity index (χ4n) is 2.31. The maximum atomic E-state index is 12.0.